The lowest BCUT2D eigenvalue weighted by atomic mass is 9.33. The highest BCUT2D eigenvalue weighted by atomic mass is 15.2. The number of benzene rings is 10. The van der Waals surface area contributed by atoms with Gasteiger partial charge < -0.3 is 9.80 Å². The number of fused-ring (bicyclic) bond motifs is 4. The Kier molecular flexibility index (Phi) is 10.3. The molecule has 0 unspecified atom stereocenters. The molecule has 330 valence electrons. The van der Waals surface area contributed by atoms with E-state index in [1.807, 2.05) is 0 Å². The third-order valence-electron chi connectivity index (χ3n) is 14.8. The van der Waals surface area contributed by atoms with E-state index in [-0.39, 0.29) is 6.71 Å². The van der Waals surface area contributed by atoms with Crippen LogP contribution in [0, 0.1) is 41.5 Å². The summed E-state index contributed by atoms with van der Waals surface area (Å²) >= 11 is 0. The molecule has 0 radical (unpaired) electrons. The average molecular weight is 885 g/mol. The Morgan fingerprint density at radius 3 is 1.07 bits per heavy atom. The summed E-state index contributed by atoms with van der Waals surface area (Å²) in [6.45, 7) is 13.4. The van der Waals surface area contributed by atoms with E-state index in [1.165, 1.54) is 128 Å². The molecule has 12 rings (SSSR count). The molecule has 0 fully saturated rings. The molecule has 0 bridgehead atoms. The smallest absolute Gasteiger partial charge is 0.252 e. The van der Waals surface area contributed by atoms with Gasteiger partial charge in [0.25, 0.3) is 6.71 Å². The van der Waals surface area contributed by atoms with Crippen LogP contribution in [0.2, 0.25) is 0 Å². The Labute approximate surface area is 407 Å². The van der Waals surface area contributed by atoms with Gasteiger partial charge in [0.2, 0.25) is 0 Å². The minimum absolute atomic E-state index is 0.0649. The summed E-state index contributed by atoms with van der Waals surface area (Å²) in [5, 5.41) is 0. The van der Waals surface area contributed by atoms with Crippen molar-refractivity contribution in [3.05, 3.63) is 246 Å². The zero-order valence-corrected chi connectivity index (χ0v) is 40.2. The van der Waals surface area contributed by atoms with Crippen LogP contribution in [0.4, 0.5) is 34.1 Å². The van der Waals surface area contributed by atoms with E-state index in [1.54, 1.807) is 0 Å². The van der Waals surface area contributed by atoms with Crippen LogP contribution >= 0.6 is 0 Å². The summed E-state index contributed by atoms with van der Waals surface area (Å²) < 4.78 is 0. The molecule has 0 saturated heterocycles. The van der Waals surface area contributed by atoms with Crippen molar-refractivity contribution in [3.8, 4) is 55.6 Å². The first-order chi connectivity index (χ1) is 33.7. The van der Waals surface area contributed by atoms with Gasteiger partial charge in [-0.2, -0.15) is 0 Å². The standard InChI is InChI=1S/C66H53BN2/c1-42-16-13-17-43(2)63(42)51-28-34-56(35-29-51)69-60-37-31-53(64-44(3)18-14-19-45(64)4)39-58(60)67-57-38-52(49-24-11-8-12-25-49)30-36-59(57)68(55-32-26-50(27-33-55)48-22-9-7-10-23-48)61-40-54(41-62(69)66(61)67)65-46(5)20-15-21-47(65)6/h7-41H,1-6H3. The van der Waals surface area contributed by atoms with Gasteiger partial charge in [0.1, 0.15) is 0 Å². The molecule has 0 spiro atoms. The topological polar surface area (TPSA) is 6.48 Å². The highest BCUT2D eigenvalue weighted by molar-refractivity contribution is 7.00. The van der Waals surface area contributed by atoms with E-state index < -0.39 is 0 Å². The van der Waals surface area contributed by atoms with E-state index in [0.717, 1.165) is 11.4 Å². The molecule has 0 saturated carbocycles. The van der Waals surface area contributed by atoms with Crippen LogP contribution in [0.15, 0.2) is 212 Å². The Hall–Kier alpha value is -8.14. The first-order valence-electron chi connectivity index (χ1n) is 24.3. The molecule has 2 aliphatic heterocycles. The van der Waals surface area contributed by atoms with Gasteiger partial charge in [-0.25, -0.2) is 0 Å². The zero-order chi connectivity index (χ0) is 46.9. The molecule has 2 nitrogen and oxygen atoms in total. The van der Waals surface area contributed by atoms with Crippen molar-refractivity contribution < 1.29 is 0 Å². The lowest BCUT2D eigenvalue weighted by Crippen LogP contribution is -2.61. The van der Waals surface area contributed by atoms with Crippen molar-refractivity contribution in [2.75, 3.05) is 9.80 Å². The molecule has 0 amide bonds. The third kappa shape index (κ3) is 7.11. The number of hydrogen-bond donors (Lipinski definition) is 0. The van der Waals surface area contributed by atoms with Crippen LogP contribution in [-0.2, 0) is 0 Å². The van der Waals surface area contributed by atoms with Crippen molar-refractivity contribution in [2.45, 2.75) is 41.5 Å². The maximum Gasteiger partial charge on any atom is 0.252 e. The minimum Gasteiger partial charge on any atom is -0.311 e. The van der Waals surface area contributed by atoms with E-state index in [4.69, 9.17) is 0 Å². The van der Waals surface area contributed by atoms with Gasteiger partial charge in [-0.05, 0) is 195 Å². The lowest BCUT2D eigenvalue weighted by Gasteiger charge is -2.45. The Morgan fingerprint density at radius 2 is 0.609 bits per heavy atom. The van der Waals surface area contributed by atoms with E-state index in [2.05, 4.69) is 264 Å². The normalized spacial score (nSPS) is 12.4. The summed E-state index contributed by atoms with van der Waals surface area (Å²) in [4.78, 5) is 5.11. The van der Waals surface area contributed by atoms with Gasteiger partial charge in [-0.1, -0.05) is 164 Å². The second-order valence-corrected chi connectivity index (χ2v) is 19.2. The van der Waals surface area contributed by atoms with Crippen molar-refractivity contribution in [1.29, 1.82) is 0 Å². The van der Waals surface area contributed by atoms with Crippen molar-refractivity contribution in [1.82, 2.24) is 0 Å². The first-order valence-corrected chi connectivity index (χ1v) is 24.3. The number of anilines is 6. The van der Waals surface area contributed by atoms with Crippen LogP contribution in [0.3, 0.4) is 0 Å². The van der Waals surface area contributed by atoms with Crippen LogP contribution < -0.4 is 26.2 Å². The number of hydrogen-bond acceptors (Lipinski definition) is 2. The molecule has 69 heavy (non-hydrogen) atoms. The van der Waals surface area contributed by atoms with E-state index in [0.29, 0.717) is 0 Å². The predicted molar refractivity (Wildman–Crippen MR) is 296 cm³/mol. The fourth-order valence-electron chi connectivity index (χ4n) is 11.7. The van der Waals surface area contributed by atoms with Crippen molar-refractivity contribution in [2.24, 2.45) is 0 Å². The third-order valence-corrected chi connectivity index (χ3v) is 14.8. The lowest BCUT2D eigenvalue weighted by molar-refractivity contribution is 1.25. The monoisotopic (exact) mass is 884 g/mol. The summed E-state index contributed by atoms with van der Waals surface area (Å²) in [5.41, 5.74) is 31.0. The highest BCUT2D eigenvalue weighted by Gasteiger charge is 2.44. The molecular formula is C66H53BN2. The Morgan fingerprint density at radius 1 is 0.261 bits per heavy atom. The quantitative estimate of drug-likeness (QED) is 0.147. The van der Waals surface area contributed by atoms with Crippen LogP contribution in [0.1, 0.15) is 33.4 Å². The predicted octanol–water partition coefficient (Wildman–Crippen LogP) is 16.0. The number of rotatable bonds is 7. The maximum atomic E-state index is 2.56. The number of nitrogens with zero attached hydrogens (tertiary/aromatic N) is 2. The summed E-state index contributed by atoms with van der Waals surface area (Å²) in [5.74, 6) is 0. The molecule has 3 heteroatoms. The average Bonchev–Trinajstić information content (AvgIpc) is 3.37. The Bertz CT molecular complexity index is 3550. The Balaban J connectivity index is 1.18. The van der Waals surface area contributed by atoms with Crippen molar-refractivity contribution >= 4 is 57.2 Å². The zero-order valence-electron chi connectivity index (χ0n) is 40.2. The minimum atomic E-state index is -0.0649. The molecule has 10 aromatic carbocycles. The maximum absolute atomic E-state index is 2.56. The number of aryl methyl sites for hydroxylation is 6. The summed E-state index contributed by atoms with van der Waals surface area (Å²) in [7, 11) is 0. The SMILES string of the molecule is Cc1cccc(C)c1-c1ccc(N2c3ccc(-c4c(C)cccc4C)cc3B3c4cc(-c5ccccc5)ccc4N(c4ccc(-c5ccccc5)cc4)c4cc(-c5c(C)cccc5C)cc2c43)cc1. The fourth-order valence-corrected chi connectivity index (χ4v) is 11.7. The van der Waals surface area contributed by atoms with Crippen molar-refractivity contribution in [3.63, 3.8) is 0 Å². The van der Waals surface area contributed by atoms with Gasteiger partial charge in [0.05, 0.1) is 0 Å². The largest absolute Gasteiger partial charge is 0.311 e. The molecule has 0 aliphatic carbocycles. The second kappa shape index (κ2) is 16.9. The van der Waals surface area contributed by atoms with Gasteiger partial charge in [0.15, 0.2) is 0 Å². The van der Waals surface area contributed by atoms with Gasteiger partial charge in [-0.15, -0.1) is 0 Å². The highest BCUT2D eigenvalue weighted by Crippen LogP contribution is 2.48. The van der Waals surface area contributed by atoms with Crippen LogP contribution in [0.25, 0.3) is 55.6 Å². The van der Waals surface area contributed by atoms with Gasteiger partial charge in [0, 0.05) is 34.1 Å². The summed E-state index contributed by atoms with van der Waals surface area (Å²) in [6.07, 6.45) is 0. The van der Waals surface area contributed by atoms with E-state index in [9.17, 15) is 0 Å². The molecule has 2 aliphatic rings. The molecule has 10 aromatic rings. The molecule has 0 aromatic heterocycles. The van der Waals surface area contributed by atoms with Gasteiger partial charge in [-0.3, -0.25) is 0 Å². The summed E-state index contributed by atoms with van der Waals surface area (Å²) in [6, 6.07) is 79.5. The van der Waals surface area contributed by atoms with Gasteiger partial charge >= 0.3 is 0 Å². The second-order valence-electron chi connectivity index (χ2n) is 19.2. The fraction of sp³-hybridized carbons (Fsp3) is 0.0909. The molecule has 2 heterocycles. The van der Waals surface area contributed by atoms with E-state index >= 15 is 0 Å². The van der Waals surface area contributed by atoms with Crippen LogP contribution in [0.5, 0.6) is 0 Å². The first kappa shape index (κ1) is 42.2. The molecular weight excluding hydrogens is 832 g/mol. The molecule has 0 atom stereocenters. The molecule has 0 N–H and O–H groups in total. The van der Waals surface area contributed by atoms with Crippen LogP contribution in [-0.4, -0.2) is 6.71 Å².